The Morgan fingerprint density at radius 3 is 2.85 bits per heavy atom. The fourth-order valence-corrected chi connectivity index (χ4v) is 3.57. The lowest BCUT2D eigenvalue weighted by Crippen LogP contribution is -2.26. The monoisotopic (exact) mass is 287 g/mol. The molecule has 0 saturated heterocycles. The van der Waals surface area contributed by atoms with Crippen molar-refractivity contribution in [2.75, 3.05) is 6.26 Å². The van der Waals surface area contributed by atoms with Gasteiger partial charge in [0, 0.05) is 24.0 Å². The molecule has 1 aliphatic carbocycles. The van der Waals surface area contributed by atoms with E-state index in [0.29, 0.717) is 6.04 Å². The number of rotatable bonds is 5. The Morgan fingerprint density at radius 2 is 2.10 bits per heavy atom. The molecular weight excluding hydrogens is 266 g/mol. The van der Waals surface area contributed by atoms with Crippen LogP contribution in [0, 0.1) is 0 Å². The number of nitrogens with one attached hydrogen (secondary N) is 1. The fourth-order valence-electron chi connectivity index (χ4n) is 2.77. The highest BCUT2D eigenvalue weighted by Crippen LogP contribution is 2.28. The minimum absolute atomic E-state index is 0.661. The average molecular weight is 287 g/mol. The van der Waals surface area contributed by atoms with Crippen LogP contribution in [0.2, 0.25) is 0 Å². The maximum absolute atomic E-state index is 4.63. The van der Waals surface area contributed by atoms with Crippen LogP contribution in [0.5, 0.6) is 0 Å². The van der Waals surface area contributed by atoms with Gasteiger partial charge in [-0.2, -0.15) is 16.9 Å². The minimum Gasteiger partial charge on any atom is -0.308 e. The standard InChI is InChI=1S/C16H21N3S/c1-20-16-8-7-13(11-16)17-12-14-9-10-19(18-14)15-5-3-2-4-6-15/h2-6,9-10,13,16-17H,7-8,11-12H2,1H3. The molecule has 1 N–H and O–H groups in total. The second-order valence-corrected chi connectivity index (χ2v) is 6.47. The predicted molar refractivity (Wildman–Crippen MR) is 85.3 cm³/mol. The van der Waals surface area contributed by atoms with E-state index in [1.807, 2.05) is 40.8 Å². The van der Waals surface area contributed by atoms with Crippen LogP contribution in [0.15, 0.2) is 42.6 Å². The van der Waals surface area contributed by atoms with Gasteiger partial charge >= 0.3 is 0 Å². The van der Waals surface area contributed by atoms with E-state index in [9.17, 15) is 0 Å². The van der Waals surface area contributed by atoms with Gasteiger partial charge in [0.25, 0.3) is 0 Å². The largest absolute Gasteiger partial charge is 0.308 e. The van der Waals surface area contributed by atoms with Gasteiger partial charge in [-0.1, -0.05) is 18.2 Å². The Labute approximate surface area is 124 Å². The highest BCUT2D eigenvalue weighted by molar-refractivity contribution is 7.99. The third-order valence-corrected chi connectivity index (χ3v) is 5.05. The molecule has 3 rings (SSSR count). The zero-order valence-corrected chi connectivity index (χ0v) is 12.6. The first kappa shape index (κ1) is 13.7. The highest BCUT2D eigenvalue weighted by atomic mass is 32.2. The van der Waals surface area contributed by atoms with Gasteiger partial charge in [0.2, 0.25) is 0 Å². The molecule has 1 aliphatic rings. The molecule has 0 amide bonds. The molecule has 0 radical (unpaired) electrons. The van der Waals surface area contributed by atoms with Crippen molar-refractivity contribution < 1.29 is 0 Å². The zero-order valence-electron chi connectivity index (χ0n) is 11.8. The lowest BCUT2D eigenvalue weighted by atomic mass is 10.2. The minimum atomic E-state index is 0.661. The van der Waals surface area contributed by atoms with Crippen LogP contribution in [0.3, 0.4) is 0 Å². The Kier molecular flexibility index (Phi) is 4.43. The number of aromatic nitrogens is 2. The third kappa shape index (κ3) is 3.25. The number of nitrogens with zero attached hydrogens (tertiary/aromatic N) is 2. The van der Waals surface area contributed by atoms with Gasteiger partial charge in [-0.25, -0.2) is 4.68 Å². The number of para-hydroxylation sites is 1. The second-order valence-electron chi connectivity index (χ2n) is 5.34. The van der Waals surface area contributed by atoms with Crippen molar-refractivity contribution in [2.24, 2.45) is 0 Å². The molecule has 2 unspecified atom stereocenters. The van der Waals surface area contributed by atoms with Gasteiger partial charge < -0.3 is 5.32 Å². The Bertz CT molecular complexity index is 538. The molecule has 0 aliphatic heterocycles. The van der Waals surface area contributed by atoms with Crippen molar-refractivity contribution in [1.82, 2.24) is 15.1 Å². The van der Waals surface area contributed by atoms with Gasteiger partial charge in [0.15, 0.2) is 0 Å². The van der Waals surface area contributed by atoms with E-state index in [2.05, 4.69) is 34.9 Å². The molecule has 4 heteroatoms. The summed E-state index contributed by atoms with van der Waals surface area (Å²) in [4.78, 5) is 0. The zero-order chi connectivity index (χ0) is 13.8. The maximum atomic E-state index is 4.63. The predicted octanol–water partition coefficient (Wildman–Crippen LogP) is 3.25. The van der Waals surface area contributed by atoms with Crippen LogP contribution < -0.4 is 5.32 Å². The molecule has 1 aromatic carbocycles. The molecule has 20 heavy (non-hydrogen) atoms. The van der Waals surface area contributed by atoms with Crippen molar-refractivity contribution in [3.05, 3.63) is 48.3 Å². The molecule has 0 spiro atoms. The number of hydrogen-bond acceptors (Lipinski definition) is 3. The first-order valence-corrected chi connectivity index (χ1v) is 8.50. The summed E-state index contributed by atoms with van der Waals surface area (Å²) in [7, 11) is 0. The van der Waals surface area contributed by atoms with Gasteiger partial charge in [-0.05, 0) is 43.7 Å². The van der Waals surface area contributed by atoms with Gasteiger partial charge in [-0.3, -0.25) is 0 Å². The maximum Gasteiger partial charge on any atom is 0.0766 e. The quantitative estimate of drug-likeness (QED) is 0.915. The third-order valence-electron chi connectivity index (χ3n) is 3.95. The van der Waals surface area contributed by atoms with Crippen molar-refractivity contribution >= 4 is 11.8 Å². The lowest BCUT2D eigenvalue weighted by molar-refractivity contribution is 0.518. The molecular formula is C16H21N3S. The van der Waals surface area contributed by atoms with E-state index < -0.39 is 0 Å². The van der Waals surface area contributed by atoms with Crippen LogP contribution in [0.1, 0.15) is 25.0 Å². The Morgan fingerprint density at radius 1 is 1.25 bits per heavy atom. The van der Waals surface area contributed by atoms with Crippen LogP contribution in [0.4, 0.5) is 0 Å². The van der Waals surface area contributed by atoms with E-state index in [1.54, 1.807) is 0 Å². The summed E-state index contributed by atoms with van der Waals surface area (Å²) in [6.45, 7) is 0.867. The van der Waals surface area contributed by atoms with Crippen LogP contribution >= 0.6 is 11.8 Å². The van der Waals surface area contributed by atoms with Crippen LogP contribution in [-0.2, 0) is 6.54 Å². The normalized spacial score (nSPS) is 22.2. The molecule has 1 aromatic heterocycles. The molecule has 1 fully saturated rings. The first-order chi connectivity index (χ1) is 9.85. The summed E-state index contributed by atoms with van der Waals surface area (Å²) in [5.74, 6) is 0. The summed E-state index contributed by atoms with van der Waals surface area (Å²) in [5, 5.41) is 9.11. The van der Waals surface area contributed by atoms with Crippen molar-refractivity contribution in [1.29, 1.82) is 0 Å². The Hall–Kier alpha value is -1.26. The first-order valence-electron chi connectivity index (χ1n) is 7.21. The Balaban J connectivity index is 1.56. The van der Waals surface area contributed by atoms with E-state index in [0.717, 1.165) is 23.2 Å². The highest BCUT2D eigenvalue weighted by Gasteiger charge is 2.23. The number of benzene rings is 1. The van der Waals surface area contributed by atoms with Crippen molar-refractivity contribution in [3.63, 3.8) is 0 Å². The van der Waals surface area contributed by atoms with Crippen LogP contribution in [-0.4, -0.2) is 27.3 Å². The van der Waals surface area contributed by atoms with Crippen molar-refractivity contribution in [3.8, 4) is 5.69 Å². The molecule has 3 nitrogen and oxygen atoms in total. The molecule has 2 atom stereocenters. The van der Waals surface area contributed by atoms with E-state index in [1.165, 1.54) is 19.3 Å². The molecule has 2 aromatic rings. The molecule has 0 bridgehead atoms. The summed E-state index contributed by atoms with van der Waals surface area (Å²) in [6, 6.07) is 13.0. The van der Waals surface area contributed by atoms with E-state index in [4.69, 9.17) is 0 Å². The average Bonchev–Trinajstić information content (AvgIpc) is 3.15. The lowest BCUT2D eigenvalue weighted by Gasteiger charge is -2.11. The van der Waals surface area contributed by atoms with E-state index >= 15 is 0 Å². The molecule has 1 heterocycles. The van der Waals surface area contributed by atoms with Crippen LogP contribution in [0.25, 0.3) is 5.69 Å². The van der Waals surface area contributed by atoms with Gasteiger partial charge in [0.1, 0.15) is 0 Å². The summed E-state index contributed by atoms with van der Waals surface area (Å²) < 4.78 is 1.94. The molecule has 106 valence electrons. The smallest absolute Gasteiger partial charge is 0.0766 e. The van der Waals surface area contributed by atoms with Crippen molar-refractivity contribution in [2.45, 2.75) is 37.1 Å². The SMILES string of the molecule is CSC1CCC(NCc2ccn(-c3ccccc3)n2)C1. The summed E-state index contributed by atoms with van der Waals surface area (Å²) in [5.41, 5.74) is 2.23. The van der Waals surface area contributed by atoms with Gasteiger partial charge in [-0.15, -0.1) is 0 Å². The number of hydrogen-bond donors (Lipinski definition) is 1. The van der Waals surface area contributed by atoms with Gasteiger partial charge in [0.05, 0.1) is 11.4 Å². The summed E-state index contributed by atoms with van der Waals surface area (Å²) in [6.07, 6.45) is 8.18. The second kappa shape index (κ2) is 6.46. The fraction of sp³-hybridized carbons (Fsp3) is 0.438. The molecule has 1 saturated carbocycles. The van der Waals surface area contributed by atoms with E-state index in [-0.39, 0.29) is 0 Å². The summed E-state index contributed by atoms with van der Waals surface area (Å²) >= 11 is 2.00. The topological polar surface area (TPSA) is 29.9 Å². The number of thioether (sulfide) groups is 1.